The summed E-state index contributed by atoms with van der Waals surface area (Å²) >= 11 is 0. The van der Waals surface area contributed by atoms with Gasteiger partial charge in [0.25, 0.3) is 0 Å². The van der Waals surface area contributed by atoms with Crippen molar-refractivity contribution in [2.24, 2.45) is 0 Å². The van der Waals surface area contributed by atoms with Crippen LogP contribution < -0.4 is 5.32 Å². The second kappa shape index (κ2) is 9.96. The monoisotopic (exact) mass is 188 g/mol. The van der Waals surface area contributed by atoms with Gasteiger partial charge in [0.1, 0.15) is 0 Å². The summed E-state index contributed by atoms with van der Waals surface area (Å²) in [6.45, 7) is 7.56. The number of nitrogens with zero attached hydrogens (tertiary/aromatic N) is 1. The molecule has 0 aromatic carbocycles. The van der Waals surface area contributed by atoms with Crippen molar-refractivity contribution in [1.29, 1.82) is 0 Å². The van der Waals surface area contributed by atoms with Crippen molar-refractivity contribution in [3.8, 4) is 0 Å². The van der Waals surface area contributed by atoms with Gasteiger partial charge in [-0.3, -0.25) is 0 Å². The lowest BCUT2D eigenvalue weighted by Gasteiger charge is -2.19. The molecule has 0 aliphatic heterocycles. The Morgan fingerprint density at radius 3 is 2.54 bits per heavy atom. The predicted molar refractivity (Wildman–Crippen MR) is 57.2 cm³/mol. The molecular formula is C10H24N2O. The maximum atomic E-state index is 5.05. The minimum Gasteiger partial charge on any atom is -0.383 e. The van der Waals surface area contributed by atoms with E-state index in [4.69, 9.17) is 4.74 Å². The largest absolute Gasteiger partial charge is 0.383 e. The summed E-state index contributed by atoms with van der Waals surface area (Å²) in [6, 6.07) is 0. The molecule has 0 heterocycles. The van der Waals surface area contributed by atoms with Gasteiger partial charge in [0, 0.05) is 13.7 Å². The smallest absolute Gasteiger partial charge is 0.0589 e. The molecular weight excluding hydrogens is 164 g/mol. The first-order chi connectivity index (χ1) is 6.35. The van der Waals surface area contributed by atoms with Crippen LogP contribution >= 0.6 is 0 Å². The van der Waals surface area contributed by atoms with E-state index in [9.17, 15) is 0 Å². The molecule has 0 radical (unpaired) electrons. The van der Waals surface area contributed by atoms with Gasteiger partial charge >= 0.3 is 0 Å². The molecule has 0 aromatic rings. The van der Waals surface area contributed by atoms with Crippen LogP contribution in [0.5, 0.6) is 0 Å². The van der Waals surface area contributed by atoms with E-state index in [-0.39, 0.29) is 0 Å². The van der Waals surface area contributed by atoms with Crippen LogP contribution in [-0.4, -0.2) is 51.8 Å². The van der Waals surface area contributed by atoms with Crippen molar-refractivity contribution in [2.75, 3.05) is 46.9 Å². The number of hydrogen-bond donors (Lipinski definition) is 1. The number of rotatable bonds is 9. The molecule has 3 heteroatoms. The highest BCUT2D eigenvalue weighted by molar-refractivity contribution is 4.55. The Balaban J connectivity index is 3.25. The second-order valence-electron chi connectivity index (χ2n) is 3.24. The second-order valence-corrected chi connectivity index (χ2v) is 3.24. The maximum absolute atomic E-state index is 5.05. The molecule has 0 atom stereocenters. The summed E-state index contributed by atoms with van der Waals surface area (Å²) in [6.07, 6.45) is 2.54. The molecule has 0 spiro atoms. The van der Waals surface area contributed by atoms with Crippen molar-refractivity contribution >= 4 is 0 Å². The molecule has 0 saturated heterocycles. The van der Waals surface area contributed by atoms with Gasteiger partial charge in [0.15, 0.2) is 0 Å². The van der Waals surface area contributed by atoms with Crippen LogP contribution in [0, 0.1) is 0 Å². The average molecular weight is 188 g/mol. The molecule has 0 fully saturated rings. The Morgan fingerprint density at radius 2 is 2.00 bits per heavy atom. The first-order valence-corrected chi connectivity index (χ1v) is 5.21. The first kappa shape index (κ1) is 12.9. The summed E-state index contributed by atoms with van der Waals surface area (Å²) in [5.41, 5.74) is 0. The van der Waals surface area contributed by atoms with Crippen molar-refractivity contribution in [2.45, 2.75) is 19.8 Å². The van der Waals surface area contributed by atoms with E-state index in [2.05, 4.69) is 17.1 Å². The fraction of sp³-hybridized carbons (Fsp3) is 1.00. The van der Waals surface area contributed by atoms with Gasteiger partial charge in [-0.05, 0) is 39.5 Å². The summed E-state index contributed by atoms with van der Waals surface area (Å²) in [5.74, 6) is 0. The molecule has 80 valence electrons. The van der Waals surface area contributed by atoms with E-state index in [0.29, 0.717) is 0 Å². The van der Waals surface area contributed by atoms with Gasteiger partial charge < -0.3 is 15.0 Å². The highest BCUT2D eigenvalue weighted by Crippen LogP contribution is 1.94. The molecule has 0 aromatic heterocycles. The normalized spacial score (nSPS) is 11.1. The molecule has 0 aliphatic rings. The summed E-state index contributed by atoms with van der Waals surface area (Å²) in [4.78, 5) is 2.43. The van der Waals surface area contributed by atoms with Gasteiger partial charge in [-0.2, -0.15) is 0 Å². The SMILES string of the molecule is CCN(CCCCNC)CCOC. The molecule has 0 amide bonds. The summed E-state index contributed by atoms with van der Waals surface area (Å²) in [5, 5.41) is 3.16. The van der Waals surface area contributed by atoms with Crippen LogP contribution in [0.2, 0.25) is 0 Å². The van der Waals surface area contributed by atoms with Gasteiger partial charge in [-0.1, -0.05) is 6.92 Å². The van der Waals surface area contributed by atoms with E-state index in [1.807, 2.05) is 7.05 Å². The van der Waals surface area contributed by atoms with Gasteiger partial charge in [-0.15, -0.1) is 0 Å². The van der Waals surface area contributed by atoms with E-state index in [1.54, 1.807) is 7.11 Å². The third-order valence-corrected chi connectivity index (χ3v) is 2.21. The first-order valence-electron chi connectivity index (χ1n) is 5.21. The molecule has 3 nitrogen and oxygen atoms in total. The Labute approximate surface area is 82.4 Å². The van der Waals surface area contributed by atoms with Crippen molar-refractivity contribution in [3.63, 3.8) is 0 Å². The highest BCUT2D eigenvalue weighted by atomic mass is 16.5. The minimum atomic E-state index is 0.847. The van der Waals surface area contributed by atoms with Crippen LogP contribution in [0.4, 0.5) is 0 Å². The van der Waals surface area contributed by atoms with Crippen LogP contribution in [0.3, 0.4) is 0 Å². The van der Waals surface area contributed by atoms with Crippen LogP contribution in [0.1, 0.15) is 19.8 Å². The molecule has 13 heavy (non-hydrogen) atoms. The van der Waals surface area contributed by atoms with E-state index < -0.39 is 0 Å². The molecule has 0 bridgehead atoms. The van der Waals surface area contributed by atoms with E-state index in [0.717, 1.165) is 26.2 Å². The third-order valence-electron chi connectivity index (χ3n) is 2.21. The van der Waals surface area contributed by atoms with Crippen LogP contribution in [-0.2, 0) is 4.74 Å². The van der Waals surface area contributed by atoms with Gasteiger partial charge in [0.2, 0.25) is 0 Å². The predicted octanol–water partition coefficient (Wildman–Crippen LogP) is 0.954. The number of methoxy groups -OCH3 is 1. The minimum absolute atomic E-state index is 0.847. The fourth-order valence-electron chi connectivity index (χ4n) is 1.29. The summed E-state index contributed by atoms with van der Waals surface area (Å²) < 4.78 is 5.05. The van der Waals surface area contributed by atoms with Crippen LogP contribution in [0.25, 0.3) is 0 Å². The molecule has 0 rings (SSSR count). The number of hydrogen-bond acceptors (Lipinski definition) is 3. The van der Waals surface area contributed by atoms with Gasteiger partial charge in [0.05, 0.1) is 6.61 Å². The lowest BCUT2D eigenvalue weighted by molar-refractivity contribution is 0.150. The zero-order valence-electron chi connectivity index (χ0n) is 9.31. The Bertz CT molecular complexity index is 98.9. The molecule has 1 N–H and O–H groups in total. The Morgan fingerprint density at radius 1 is 1.23 bits per heavy atom. The standard InChI is InChI=1S/C10H24N2O/c1-4-12(9-10-13-3)8-6-5-7-11-2/h11H,4-10H2,1-3H3. The van der Waals surface area contributed by atoms with Crippen LogP contribution in [0.15, 0.2) is 0 Å². The number of nitrogens with one attached hydrogen (secondary N) is 1. The number of likely N-dealkylation sites (N-methyl/N-ethyl adjacent to an activating group) is 1. The average Bonchev–Trinajstić information content (AvgIpc) is 2.17. The number of ether oxygens (including phenoxy) is 1. The summed E-state index contributed by atoms with van der Waals surface area (Å²) in [7, 11) is 3.76. The topological polar surface area (TPSA) is 24.5 Å². The molecule has 0 saturated carbocycles. The fourth-order valence-corrected chi connectivity index (χ4v) is 1.29. The molecule has 0 aliphatic carbocycles. The lowest BCUT2D eigenvalue weighted by atomic mass is 10.3. The van der Waals surface area contributed by atoms with E-state index >= 15 is 0 Å². The van der Waals surface area contributed by atoms with Crippen molar-refractivity contribution in [3.05, 3.63) is 0 Å². The zero-order valence-corrected chi connectivity index (χ0v) is 9.31. The van der Waals surface area contributed by atoms with Crippen molar-refractivity contribution in [1.82, 2.24) is 10.2 Å². The Hall–Kier alpha value is -0.120. The third kappa shape index (κ3) is 8.22. The van der Waals surface area contributed by atoms with Crippen molar-refractivity contribution < 1.29 is 4.74 Å². The maximum Gasteiger partial charge on any atom is 0.0589 e. The quantitative estimate of drug-likeness (QED) is 0.545. The number of unbranched alkanes of at least 4 members (excludes halogenated alkanes) is 1. The molecule has 0 unspecified atom stereocenters. The Kier molecular flexibility index (Phi) is 9.87. The highest BCUT2D eigenvalue weighted by Gasteiger charge is 2.00. The lowest BCUT2D eigenvalue weighted by Crippen LogP contribution is -2.28. The zero-order chi connectivity index (χ0) is 9.94. The van der Waals surface area contributed by atoms with E-state index in [1.165, 1.54) is 19.4 Å². The van der Waals surface area contributed by atoms with Gasteiger partial charge in [-0.25, -0.2) is 0 Å².